The smallest absolute Gasteiger partial charge is 0.416 e. The van der Waals surface area contributed by atoms with Crippen LogP contribution in [-0.4, -0.2) is 35.7 Å². The minimum absolute atomic E-state index is 0.259. The van der Waals surface area contributed by atoms with Crippen LogP contribution in [0.15, 0.2) is 48.5 Å². The van der Waals surface area contributed by atoms with Gasteiger partial charge >= 0.3 is 12.3 Å². The summed E-state index contributed by atoms with van der Waals surface area (Å²) >= 11 is 0. The summed E-state index contributed by atoms with van der Waals surface area (Å²) in [5.41, 5.74) is 1.60. The topological polar surface area (TPSA) is 41.6 Å². The quantitative estimate of drug-likeness (QED) is 0.655. The molecular formula is C24H29F3N2O2. The van der Waals surface area contributed by atoms with Crippen molar-refractivity contribution in [3.05, 3.63) is 59.7 Å². The van der Waals surface area contributed by atoms with Crippen molar-refractivity contribution in [1.82, 2.24) is 10.2 Å². The number of rotatable bonds is 4. The highest BCUT2D eigenvalue weighted by Crippen LogP contribution is 2.31. The number of halogens is 3. The molecule has 0 aliphatic carbocycles. The van der Waals surface area contributed by atoms with E-state index in [2.05, 4.69) is 5.32 Å². The standard InChI is InChI=1S/C24H29F3N2O2/c1-23(2,3)31-22(30)29-14-12-21(13-15-29)28-16-17-4-6-18(7-5-17)19-8-10-20(11-9-19)24(25,26)27/h4-11,21,28H,12-16H2,1-3H3. The first-order chi connectivity index (χ1) is 14.5. The number of alkyl halides is 3. The van der Waals surface area contributed by atoms with E-state index in [1.165, 1.54) is 12.1 Å². The van der Waals surface area contributed by atoms with Gasteiger partial charge in [-0.05, 0) is 62.4 Å². The van der Waals surface area contributed by atoms with Gasteiger partial charge in [0.05, 0.1) is 5.56 Å². The summed E-state index contributed by atoms with van der Waals surface area (Å²) in [5.74, 6) is 0. The second-order valence-corrected chi connectivity index (χ2v) is 8.89. The number of carbonyl (C=O) groups is 1. The Morgan fingerprint density at radius 3 is 1.97 bits per heavy atom. The predicted molar refractivity (Wildman–Crippen MR) is 115 cm³/mol. The Morgan fingerprint density at radius 1 is 0.968 bits per heavy atom. The highest BCUT2D eigenvalue weighted by atomic mass is 19.4. The fraction of sp³-hybridized carbons (Fsp3) is 0.458. The zero-order valence-electron chi connectivity index (χ0n) is 18.1. The van der Waals surface area contributed by atoms with Gasteiger partial charge in [0, 0.05) is 25.7 Å². The molecule has 7 heteroatoms. The van der Waals surface area contributed by atoms with Crippen LogP contribution in [-0.2, 0) is 17.5 Å². The molecule has 0 atom stereocenters. The summed E-state index contributed by atoms with van der Waals surface area (Å²) in [6.45, 7) is 7.62. The van der Waals surface area contributed by atoms with E-state index in [1.54, 1.807) is 4.90 Å². The maximum Gasteiger partial charge on any atom is 0.416 e. The zero-order valence-corrected chi connectivity index (χ0v) is 18.1. The predicted octanol–water partition coefficient (Wildman–Crippen LogP) is 5.86. The Kier molecular flexibility index (Phi) is 6.94. The summed E-state index contributed by atoms with van der Waals surface area (Å²) in [5, 5.41) is 3.53. The molecule has 1 saturated heterocycles. The van der Waals surface area contributed by atoms with Gasteiger partial charge in [0.25, 0.3) is 0 Å². The molecule has 0 aromatic heterocycles. The number of benzene rings is 2. The summed E-state index contributed by atoms with van der Waals surface area (Å²) in [7, 11) is 0. The van der Waals surface area contributed by atoms with E-state index in [4.69, 9.17) is 4.74 Å². The van der Waals surface area contributed by atoms with Gasteiger partial charge in [0.15, 0.2) is 0 Å². The summed E-state index contributed by atoms with van der Waals surface area (Å²) in [6.07, 6.45) is -2.85. The van der Waals surface area contributed by atoms with E-state index in [9.17, 15) is 18.0 Å². The third kappa shape index (κ3) is 6.72. The van der Waals surface area contributed by atoms with Crippen LogP contribution in [0.2, 0.25) is 0 Å². The van der Waals surface area contributed by atoms with Gasteiger partial charge in [0.2, 0.25) is 0 Å². The average molecular weight is 435 g/mol. The first kappa shape index (κ1) is 23.1. The van der Waals surface area contributed by atoms with Gasteiger partial charge in [0.1, 0.15) is 5.60 Å². The van der Waals surface area contributed by atoms with Gasteiger partial charge in [-0.1, -0.05) is 36.4 Å². The zero-order chi connectivity index (χ0) is 22.6. The molecule has 0 saturated carbocycles. The SMILES string of the molecule is CC(C)(C)OC(=O)N1CCC(NCc2ccc(-c3ccc(C(F)(F)F)cc3)cc2)CC1. The molecule has 3 rings (SSSR count). The number of likely N-dealkylation sites (tertiary alicyclic amines) is 1. The summed E-state index contributed by atoms with van der Waals surface area (Å²) in [4.78, 5) is 13.9. The maximum atomic E-state index is 12.7. The van der Waals surface area contributed by atoms with Crippen LogP contribution in [0.4, 0.5) is 18.0 Å². The molecule has 1 amide bonds. The third-order valence-corrected chi connectivity index (χ3v) is 5.24. The minimum Gasteiger partial charge on any atom is -0.444 e. The minimum atomic E-state index is -4.32. The Labute approximate surface area is 181 Å². The largest absolute Gasteiger partial charge is 0.444 e. The summed E-state index contributed by atoms with van der Waals surface area (Å²) < 4.78 is 43.5. The molecule has 168 valence electrons. The molecule has 1 aliphatic heterocycles. The van der Waals surface area contributed by atoms with Crippen LogP contribution in [0, 0.1) is 0 Å². The maximum absolute atomic E-state index is 12.7. The van der Waals surface area contributed by atoms with Gasteiger partial charge in [-0.25, -0.2) is 4.79 Å². The molecule has 0 spiro atoms. The number of nitrogens with zero attached hydrogens (tertiary/aromatic N) is 1. The van der Waals surface area contributed by atoms with Crippen LogP contribution in [0.3, 0.4) is 0 Å². The van der Waals surface area contributed by atoms with Gasteiger partial charge < -0.3 is 15.0 Å². The lowest BCUT2D eigenvalue weighted by molar-refractivity contribution is -0.137. The lowest BCUT2D eigenvalue weighted by Gasteiger charge is -2.33. The first-order valence-corrected chi connectivity index (χ1v) is 10.5. The molecule has 0 unspecified atom stereocenters. The van der Waals surface area contributed by atoms with Crippen LogP contribution < -0.4 is 5.32 Å². The van der Waals surface area contributed by atoms with Crippen LogP contribution in [0.25, 0.3) is 11.1 Å². The number of hydrogen-bond donors (Lipinski definition) is 1. The van der Waals surface area contributed by atoms with E-state index in [1.807, 2.05) is 45.0 Å². The number of piperidine rings is 1. The van der Waals surface area contributed by atoms with E-state index >= 15 is 0 Å². The molecular weight excluding hydrogens is 405 g/mol. The molecule has 0 radical (unpaired) electrons. The molecule has 1 fully saturated rings. The van der Waals surface area contributed by atoms with Crippen LogP contribution in [0.1, 0.15) is 44.7 Å². The Morgan fingerprint density at radius 2 is 1.48 bits per heavy atom. The number of carbonyl (C=O) groups excluding carboxylic acids is 1. The van der Waals surface area contributed by atoms with E-state index in [0.717, 1.165) is 41.7 Å². The lowest BCUT2D eigenvalue weighted by Crippen LogP contribution is -2.46. The van der Waals surface area contributed by atoms with Gasteiger partial charge in [-0.3, -0.25) is 0 Å². The Hall–Kier alpha value is -2.54. The first-order valence-electron chi connectivity index (χ1n) is 10.5. The van der Waals surface area contributed by atoms with Crippen molar-refractivity contribution >= 4 is 6.09 Å². The number of hydrogen-bond acceptors (Lipinski definition) is 3. The van der Waals surface area contributed by atoms with Crippen molar-refractivity contribution in [1.29, 1.82) is 0 Å². The van der Waals surface area contributed by atoms with E-state index in [-0.39, 0.29) is 6.09 Å². The molecule has 2 aromatic carbocycles. The highest BCUT2D eigenvalue weighted by Gasteiger charge is 2.30. The van der Waals surface area contributed by atoms with Crippen molar-refractivity contribution in [3.8, 4) is 11.1 Å². The van der Waals surface area contributed by atoms with Gasteiger partial charge in [-0.2, -0.15) is 13.2 Å². The van der Waals surface area contributed by atoms with Crippen molar-refractivity contribution in [2.24, 2.45) is 0 Å². The Bertz CT molecular complexity index is 864. The fourth-order valence-corrected chi connectivity index (χ4v) is 3.52. The third-order valence-electron chi connectivity index (χ3n) is 5.24. The van der Waals surface area contributed by atoms with Crippen molar-refractivity contribution < 1.29 is 22.7 Å². The molecule has 1 heterocycles. The Balaban J connectivity index is 1.47. The van der Waals surface area contributed by atoms with Crippen molar-refractivity contribution in [2.45, 2.75) is 58.0 Å². The molecule has 1 N–H and O–H groups in total. The lowest BCUT2D eigenvalue weighted by atomic mass is 10.0. The van der Waals surface area contributed by atoms with Crippen LogP contribution in [0.5, 0.6) is 0 Å². The second-order valence-electron chi connectivity index (χ2n) is 8.89. The number of amides is 1. The molecule has 31 heavy (non-hydrogen) atoms. The molecule has 0 bridgehead atoms. The fourth-order valence-electron chi connectivity index (χ4n) is 3.52. The monoisotopic (exact) mass is 434 g/mol. The second kappa shape index (κ2) is 9.30. The van der Waals surface area contributed by atoms with Crippen molar-refractivity contribution in [2.75, 3.05) is 13.1 Å². The van der Waals surface area contributed by atoms with Gasteiger partial charge in [-0.15, -0.1) is 0 Å². The number of ether oxygens (including phenoxy) is 1. The molecule has 1 aliphatic rings. The molecule has 2 aromatic rings. The highest BCUT2D eigenvalue weighted by molar-refractivity contribution is 5.68. The molecule has 4 nitrogen and oxygen atoms in total. The summed E-state index contributed by atoms with van der Waals surface area (Å²) in [6, 6.07) is 13.3. The van der Waals surface area contributed by atoms with Crippen molar-refractivity contribution in [3.63, 3.8) is 0 Å². The van der Waals surface area contributed by atoms with Crippen LogP contribution >= 0.6 is 0 Å². The average Bonchev–Trinajstić information content (AvgIpc) is 2.71. The van der Waals surface area contributed by atoms with E-state index in [0.29, 0.717) is 25.7 Å². The number of nitrogens with one attached hydrogen (secondary N) is 1. The normalized spacial score (nSPS) is 15.7. The van der Waals surface area contributed by atoms with E-state index < -0.39 is 17.3 Å².